The quantitative estimate of drug-likeness (QED) is 0.658. The molecule has 25 heavy (non-hydrogen) atoms. The topological polar surface area (TPSA) is 87.7 Å². The zero-order valence-corrected chi connectivity index (χ0v) is 15.2. The van der Waals surface area contributed by atoms with E-state index in [0.717, 1.165) is 0 Å². The van der Waals surface area contributed by atoms with Crippen molar-refractivity contribution in [1.82, 2.24) is 9.62 Å². The summed E-state index contributed by atoms with van der Waals surface area (Å²) in [6, 6.07) is 5.76. The van der Waals surface area contributed by atoms with E-state index in [2.05, 4.69) is 10.6 Å². The smallest absolute Gasteiger partial charge is 0.247 e. The van der Waals surface area contributed by atoms with Crippen molar-refractivity contribution < 1.29 is 22.3 Å². The number of nitrogens with zero attached hydrogens (tertiary/aromatic N) is 1. The summed E-state index contributed by atoms with van der Waals surface area (Å²) in [6.45, 7) is 2.45. The molecule has 0 bridgehead atoms. The van der Waals surface area contributed by atoms with Crippen LogP contribution in [0.5, 0.6) is 0 Å². The summed E-state index contributed by atoms with van der Waals surface area (Å²) in [7, 11) is -1.89. The molecule has 140 valence electrons. The number of carbonyl (C=O) groups is 1. The number of rotatable bonds is 8. The van der Waals surface area contributed by atoms with E-state index in [-0.39, 0.29) is 24.7 Å². The molecule has 1 atom stereocenters. The van der Waals surface area contributed by atoms with Gasteiger partial charge in [-0.15, -0.1) is 0 Å². The number of benzene rings is 1. The highest BCUT2D eigenvalue weighted by Gasteiger charge is 2.47. The monoisotopic (exact) mass is 373 g/mol. The Balaban J connectivity index is 2.24. The molecule has 2 rings (SSSR count). The molecule has 7 nitrogen and oxygen atoms in total. The second-order valence-corrected chi connectivity index (χ2v) is 8.21. The molecule has 1 amide bonds. The molecule has 0 radical (unpaired) electrons. The first-order chi connectivity index (χ1) is 11.8. The van der Waals surface area contributed by atoms with Crippen LogP contribution in [0.25, 0.3) is 0 Å². The van der Waals surface area contributed by atoms with E-state index in [9.17, 15) is 17.6 Å². The van der Waals surface area contributed by atoms with Crippen molar-refractivity contribution >= 4 is 21.6 Å². The third-order valence-corrected chi connectivity index (χ3v) is 6.06. The fraction of sp³-hybridized carbons (Fsp3) is 0.562. The number of nitrogens with one attached hydrogen (secondary N) is 2. The van der Waals surface area contributed by atoms with E-state index in [1.165, 1.54) is 29.6 Å². The summed E-state index contributed by atoms with van der Waals surface area (Å²) in [5.74, 6) is -0.799. The van der Waals surface area contributed by atoms with Crippen LogP contribution in [0.2, 0.25) is 0 Å². The van der Waals surface area contributed by atoms with E-state index in [1.54, 1.807) is 13.0 Å². The van der Waals surface area contributed by atoms with Gasteiger partial charge in [0.25, 0.3) is 0 Å². The van der Waals surface area contributed by atoms with E-state index in [0.29, 0.717) is 25.3 Å². The van der Waals surface area contributed by atoms with Gasteiger partial charge < -0.3 is 15.4 Å². The lowest BCUT2D eigenvalue weighted by molar-refractivity contribution is -0.125. The molecule has 1 aliphatic rings. The Morgan fingerprint density at radius 3 is 2.84 bits per heavy atom. The molecular formula is C16H24FN3O4S. The van der Waals surface area contributed by atoms with Crippen LogP contribution in [-0.2, 0) is 19.6 Å². The summed E-state index contributed by atoms with van der Waals surface area (Å²) in [6.07, 6.45) is 0.293. The van der Waals surface area contributed by atoms with Gasteiger partial charge in [-0.3, -0.25) is 4.79 Å². The van der Waals surface area contributed by atoms with Crippen molar-refractivity contribution in [2.24, 2.45) is 0 Å². The van der Waals surface area contributed by atoms with Crippen molar-refractivity contribution in [2.45, 2.75) is 18.9 Å². The van der Waals surface area contributed by atoms with Gasteiger partial charge in [-0.2, -0.15) is 4.31 Å². The Morgan fingerprint density at radius 1 is 1.44 bits per heavy atom. The predicted molar refractivity (Wildman–Crippen MR) is 93.3 cm³/mol. The Bertz CT molecular complexity index is 713. The summed E-state index contributed by atoms with van der Waals surface area (Å²) < 4.78 is 44.0. The number of carbonyl (C=O) groups excluding carboxylic acids is 1. The highest BCUT2D eigenvalue weighted by atomic mass is 32.2. The second-order valence-electron chi connectivity index (χ2n) is 5.95. The van der Waals surface area contributed by atoms with Gasteiger partial charge in [-0.1, -0.05) is 6.07 Å². The Morgan fingerprint density at radius 2 is 2.20 bits per heavy atom. The summed E-state index contributed by atoms with van der Waals surface area (Å²) in [5, 5.41) is 5.80. The van der Waals surface area contributed by atoms with Crippen LogP contribution in [-0.4, -0.2) is 63.3 Å². The average Bonchev–Trinajstić information content (AvgIpc) is 3.01. The van der Waals surface area contributed by atoms with Crippen molar-refractivity contribution in [3.05, 3.63) is 30.1 Å². The average molecular weight is 373 g/mol. The Labute approximate surface area is 147 Å². The molecule has 0 spiro atoms. The molecule has 9 heteroatoms. The first-order valence-electron chi connectivity index (χ1n) is 8.12. The number of hydrogen-bond donors (Lipinski definition) is 2. The van der Waals surface area contributed by atoms with Gasteiger partial charge in [0.1, 0.15) is 11.4 Å². The van der Waals surface area contributed by atoms with Crippen molar-refractivity contribution in [3.8, 4) is 0 Å². The Hall–Kier alpha value is -1.71. The molecule has 0 saturated carbocycles. The summed E-state index contributed by atoms with van der Waals surface area (Å²) >= 11 is 0. The van der Waals surface area contributed by atoms with Gasteiger partial charge in [-0.25, -0.2) is 12.8 Å². The van der Waals surface area contributed by atoms with Crippen LogP contribution in [0.4, 0.5) is 10.1 Å². The molecule has 1 aromatic carbocycles. The van der Waals surface area contributed by atoms with E-state index >= 15 is 0 Å². The highest BCUT2D eigenvalue weighted by molar-refractivity contribution is 7.89. The predicted octanol–water partition coefficient (Wildman–Crippen LogP) is 0.794. The first kappa shape index (κ1) is 19.6. The fourth-order valence-electron chi connectivity index (χ4n) is 2.82. The summed E-state index contributed by atoms with van der Waals surface area (Å²) in [5.41, 5.74) is -0.721. The molecular weight excluding hydrogens is 349 g/mol. The maximum Gasteiger partial charge on any atom is 0.247 e. The number of anilines is 1. The van der Waals surface area contributed by atoms with E-state index < -0.39 is 21.4 Å². The Kier molecular flexibility index (Phi) is 6.36. The molecule has 0 aromatic heterocycles. The molecule has 1 saturated heterocycles. The lowest BCUT2D eigenvalue weighted by atomic mass is 9.96. The van der Waals surface area contributed by atoms with Crippen LogP contribution >= 0.6 is 0 Å². The molecule has 2 N–H and O–H groups in total. The zero-order valence-electron chi connectivity index (χ0n) is 14.4. The van der Waals surface area contributed by atoms with Crippen LogP contribution in [0.1, 0.15) is 13.3 Å². The number of halogens is 1. The van der Waals surface area contributed by atoms with E-state index in [4.69, 9.17) is 4.74 Å². The molecule has 0 aliphatic carbocycles. The zero-order chi connectivity index (χ0) is 18.5. The van der Waals surface area contributed by atoms with Crippen LogP contribution in [0.15, 0.2) is 24.3 Å². The summed E-state index contributed by atoms with van der Waals surface area (Å²) in [4.78, 5) is 12.7. The van der Waals surface area contributed by atoms with Gasteiger partial charge in [0.2, 0.25) is 15.9 Å². The number of sulfonamides is 1. The highest BCUT2D eigenvalue weighted by Crippen LogP contribution is 2.29. The van der Waals surface area contributed by atoms with Gasteiger partial charge in [-0.05, 0) is 31.5 Å². The number of ether oxygens (including phenoxy) is 1. The molecule has 1 unspecified atom stereocenters. The van der Waals surface area contributed by atoms with Crippen LogP contribution in [0.3, 0.4) is 0 Å². The molecule has 1 heterocycles. The number of hydrogen-bond acceptors (Lipinski definition) is 5. The maximum absolute atomic E-state index is 13.5. The normalized spacial score (nSPS) is 21.2. The first-order valence-corrected chi connectivity index (χ1v) is 9.73. The lowest BCUT2D eigenvalue weighted by Gasteiger charge is -2.30. The lowest BCUT2D eigenvalue weighted by Crippen LogP contribution is -2.55. The van der Waals surface area contributed by atoms with Crippen molar-refractivity contribution in [3.63, 3.8) is 0 Å². The maximum atomic E-state index is 13.5. The van der Waals surface area contributed by atoms with Gasteiger partial charge in [0.15, 0.2) is 0 Å². The van der Waals surface area contributed by atoms with Gasteiger partial charge in [0.05, 0.1) is 12.4 Å². The fourth-order valence-corrected chi connectivity index (χ4v) is 3.97. The minimum atomic E-state index is -3.41. The van der Waals surface area contributed by atoms with Crippen LogP contribution < -0.4 is 10.6 Å². The van der Waals surface area contributed by atoms with Crippen molar-refractivity contribution in [2.75, 3.05) is 44.4 Å². The standard InChI is InChI=1S/C16H24FN3O4S/c1-3-25(22,23)20-9-7-16(12-20,15(21)18-8-10-24-2)19-14-6-4-5-13(17)11-14/h4-6,11,19H,3,7-10,12H2,1-2H3,(H,18,21). The third-order valence-electron chi connectivity index (χ3n) is 4.23. The minimum absolute atomic E-state index is 0.00149. The third kappa shape index (κ3) is 4.68. The molecule has 1 fully saturated rings. The van der Waals surface area contributed by atoms with E-state index in [1.807, 2.05) is 0 Å². The second kappa shape index (κ2) is 8.11. The number of methoxy groups -OCH3 is 1. The molecule has 1 aromatic rings. The van der Waals surface area contributed by atoms with Gasteiger partial charge >= 0.3 is 0 Å². The SMILES string of the molecule is CCS(=O)(=O)N1CCC(Nc2cccc(F)c2)(C(=O)NCCOC)C1. The minimum Gasteiger partial charge on any atom is -0.383 e. The van der Waals surface area contributed by atoms with Crippen LogP contribution in [0, 0.1) is 5.82 Å². The van der Waals surface area contributed by atoms with Gasteiger partial charge in [0, 0.05) is 32.4 Å². The largest absolute Gasteiger partial charge is 0.383 e. The molecule has 1 aliphatic heterocycles. The number of amides is 1. The van der Waals surface area contributed by atoms with Crippen molar-refractivity contribution in [1.29, 1.82) is 0 Å².